The van der Waals surface area contributed by atoms with Gasteiger partial charge >= 0.3 is 0 Å². The van der Waals surface area contributed by atoms with Gasteiger partial charge in [0.05, 0.1) is 13.2 Å². The van der Waals surface area contributed by atoms with Crippen LogP contribution in [0.15, 0.2) is 54.6 Å². The molecule has 132 valence electrons. The fourth-order valence-corrected chi connectivity index (χ4v) is 4.03. The minimum atomic E-state index is -0.221. The van der Waals surface area contributed by atoms with E-state index in [0.29, 0.717) is 6.42 Å². The number of para-hydroxylation sites is 1. The number of carbonyl (C=O) groups excluding carboxylic acids is 1. The first-order valence-electron chi connectivity index (χ1n) is 8.56. The van der Waals surface area contributed by atoms with Gasteiger partial charge < -0.3 is 15.4 Å². The van der Waals surface area contributed by atoms with Crippen molar-refractivity contribution in [3.63, 3.8) is 0 Å². The van der Waals surface area contributed by atoms with E-state index >= 15 is 0 Å². The van der Waals surface area contributed by atoms with Crippen LogP contribution in [-0.2, 0) is 4.79 Å². The minimum absolute atomic E-state index is 0.0553. The third-order valence-corrected chi connectivity index (χ3v) is 5.45. The van der Waals surface area contributed by atoms with Gasteiger partial charge in [-0.05, 0) is 11.6 Å². The third kappa shape index (κ3) is 4.77. The lowest BCUT2D eigenvalue weighted by atomic mass is 9.97. The number of thioether (sulfide) groups is 1. The van der Waals surface area contributed by atoms with Crippen molar-refractivity contribution in [1.29, 1.82) is 0 Å². The highest BCUT2D eigenvalue weighted by atomic mass is 32.2. The Kier molecular flexibility index (Phi) is 6.36. The summed E-state index contributed by atoms with van der Waals surface area (Å²) in [6.07, 6.45) is 0.492. The van der Waals surface area contributed by atoms with Crippen LogP contribution in [0.1, 0.15) is 23.6 Å². The average molecular weight is 356 g/mol. The Hall–Kier alpha value is -1.98. The largest absolute Gasteiger partial charge is 0.496 e. The van der Waals surface area contributed by atoms with Crippen molar-refractivity contribution >= 4 is 17.7 Å². The molecule has 4 nitrogen and oxygen atoms in total. The number of amides is 1. The molecule has 0 radical (unpaired) electrons. The van der Waals surface area contributed by atoms with Crippen LogP contribution >= 0.6 is 11.8 Å². The Morgan fingerprint density at radius 1 is 1.24 bits per heavy atom. The van der Waals surface area contributed by atoms with E-state index in [9.17, 15) is 4.79 Å². The van der Waals surface area contributed by atoms with E-state index in [4.69, 9.17) is 4.74 Å². The molecule has 0 spiro atoms. The molecule has 1 aliphatic rings. The first-order valence-corrected chi connectivity index (χ1v) is 9.71. The zero-order chi connectivity index (χ0) is 17.5. The zero-order valence-corrected chi connectivity index (χ0v) is 15.2. The molecular formula is C20H24N2O2S. The molecule has 1 heterocycles. The third-order valence-electron chi connectivity index (χ3n) is 4.32. The summed E-state index contributed by atoms with van der Waals surface area (Å²) in [6.45, 7) is 0.969. The number of hydrogen-bond donors (Lipinski definition) is 2. The van der Waals surface area contributed by atoms with Gasteiger partial charge in [-0.15, -0.1) is 0 Å². The first kappa shape index (κ1) is 17.8. The lowest BCUT2D eigenvalue weighted by Gasteiger charge is -2.25. The molecule has 5 heteroatoms. The number of benzene rings is 2. The molecular weight excluding hydrogens is 332 g/mol. The summed E-state index contributed by atoms with van der Waals surface area (Å²) >= 11 is 1.90. The molecule has 2 atom stereocenters. The number of hydrogen-bond acceptors (Lipinski definition) is 4. The highest BCUT2D eigenvalue weighted by molar-refractivity contribution is 7.99. The van der Waals surface area contributed by atoms with Gasteiger partial charge in [0, 0.05) is 36.1 Å². The van der Waals surface area contributed by atoms with Crippen molar-refractivity contribution in [3.05, 3.63) is 65.7 Å². The molecule has 3 rings (SSSR count). The Labute approximate surface area is 153 Å². The normalized spacial score (nSPS) is 18.4. The predicted molar refractivity (Wildman–Crippen MR) is 103 cm³/mol. The number of nitrogens with one attached hydrogen (secondary N) is 2. The fourth-order valence-electron chi connectivity index (χ4n) is 3.09. The SMILES string of the molecule is COc1ccccc1C(NC(=O)CC1CSCCN1)c1ccccc1. The predicted octanol–water partition coefficient (Wildman–Crippen LogP) is 3.00. The van der Waals surface area contributed by atoms with Crippen molar-refractivity contribution in [2.45, 2.75) is 18.5 Å². The number of methoxy groups -OCH3 is 1. The monoisotopic (exact) mass is 356 g/mol. The molecule has 0 saturated carbocycles. The maximum atomic E-state index is 12.7. The Bertz CT molecular complexity index is 687. The van der Waals surface area contributed by atoms with E-state index < -0.39 is 0 Å². The second-order valence-electron chi connectivity index (χ2n) is 6.08. The number of rotatable bonds is 6. The van der Waals surface area contributed by atoms with Crippen LogP contribution in [0.4, 0.5) is 0 Å². The molecule has 25 heavy (non-hydrogen) atoms. The Balaban J connectivity index is 1.80. The maximum absolute atomic E-state index is 12.7. The van der Waals surface area contributed by atoms with E-state index in [1.807, 2.05) is 66.4 Å². The summed E-state index contributed by atoms with van der Waals surface area (Å²) < 4.78 is 5.51. The van der Waals surface area contributed by atoms with E-state index in [1.165, 1.54) is 0 Å². The van der Waals surface area contributed by atoms with E-state index in [-0.39, 0.29) is 18.0 Å². The van der Waals surface area contributed by atoms with Crippen LogP contribution < -0.4 is 15.4 Å². The van der Waals surface area contributed by atoms with Gasteiger partial charge in [-0.2, -0.15) is 11.8 Å². The Morgan fingerprint density at radius 2 is 2.00 bits per heavy atom. The van der Waals surface area contributed by atoms with Crippen LogP contribution in [0.25, 0.3) is 0 Å². The number of carbonyl (C=O) groups is 1. The topological polar surface area (TPSA) is 50.4 Å². The smallest absolute Gasteiger partial charge is 0.222 e. The Morgan fingerprint density at radius 3 is 2.72 bits per heavy atom. The molecule has 1 aliphatic heterocycles. The van der Waals surface area contributed by atoms with Crippen LogP contribution in [0, 0.1) is 0 Å². The lowest BCUT2D eigenvalue weighted by molar-refractivity contribution is -0.122. The molecule has 1 fully saturated rings. The zero-order valence-electron chi connectivity index (χ0n) is 14.4. The van der Waals surface area contributed by atoms with Crippen molar-refractivity contribution in [2.24, 2.45) is 0 Å². The summed E-state index contributed by atoms with van der Waals surface area (Å²) in [5.74, 6) is 2.94. The molecule has 0 bridgehead atoms. The average Bonchev–Trinajstić information content (AvgIpc) is 2.67. The van der Waals surface area contributed by atoms with Crippen LogP contribution in [0.3, 0.4) is 0 Å². The molecule has 0 aliphatic carbocycles. The summed E-state index contributed by atoms with van der Waals surface area (Å²) in [7, 11) is 1.66. The molecule has 2 N–H and O–H groups in total. The standard InChI is InChI=1S/C20H24N2O2S/c1-24-18-10-6-5-9-17(18)20(15-7-3-2-4-8-15)22-19(23)13-16-14-25-12-11-21-16/h2-10,16,20-21H,11-14H2,1H3,(H,22,23). The van der Waals surface area contributed by atoms with Gasteiger partial charge in [0.15, 0.2) is 0 Å². The molecule has 2 aromatic carbocycles. The molecule has 1 saturated heterocycles. The maximum Gasteiger partial charge on any atom is 0.222 e. The van der Waals surface area contributed by atoms with Crippen molar-refractivity contribution < 1.29 is 9.53 Å². The first-order chi connectivity index (χ1) is 12.3. The second-order valence-corrected chi connectivity index (χ2v) is 7.23. The molecule has 2 aromatic rings. The van der Waals surface area contributed by atoms with Crippen molar-refractivity contribution in [3.8, 4) is 5.75 Å². The minimum Gasteiger partial charge on any atom is -0.496 e. The van der Waals surface area contributed by atoms with E-state index in [2.05, 4.69) is 10.6 Å². The highest BCUT2D eigenvalue weighted by Crippen LogP contribution is 2.30. The lowest BCUT2D eigenvalue weighted by Crippen LogP contribution is -2.42. The van der Waals surface area contributed by atoms with Gasteiger partial charge in [0.25, 0.3) is 0 Å². The van der Waals surface area contributed by atoms with Crippen LogP contribution in [0.2, 0.25) is 0 Å². The second kappa shape index (κ2) is 8.92. The van der Waals surface area contributed by atoms with Gasteiger partial charge in [0.1, 0.15) is 5.75 Å². The molecule has 2 unspecified atom stereocenters. The highest BCUT2D eigenvalue weighted by Gasteiger charge is 2.22. The van der Waals surface area contributed by atoms with Crippen LogP contribution in [0.5, 0.6) is 5.75 Å². The van der Waals surface area contributed by atoms with Gasteiger partial charge in [-0.3, -0.25) is 4.79 Å². The number of ether oxygens (including phenoxy) is 1. The van der Waals surface area contributed by atoms with E-state index in [0.717, 1.165) is 34.9 Å². The molecule has 1 amide bonds. The van der Waals surface area contributed by atoms with Crippen LogP contribution in [-0.4, -0.2) is 37.1 Å². The quantitative estimate of drug-likeness (QED) is 0.835. The summed E-state index contributed by atoms with van der Waals surface area (Å²) in [4.78, 5) is 12.7. The summed E-state index contributed by atoms with van der Waals surface area (Å²) in [5.41, 5.74) is 2.02. The van der Waals surface area contributed by atoms with Gasteiger partial charge in [0.2, 0.25) is 5.91 Å². The summed E-state index contributed by atoms with van der Waals surface area (Å²) in [5, 5.41) is 6.62. The fraction of sp³-hybridized carbons (Fsp3) is 0.350. The summed E-state index contributed by atoms with van der Waals surface area (Å²) in [6, 6.07) is 17.9. The van der Waals surface area contributed by atoms with Gasteiger partial charge in [-0.1, -0.05) is 48.5 Å². The van der Waals surface area contributed by atoms with Crippen molar-refractivity contribution in [1.82, 2.24) is 10.6 Å². The van der Waals surface area contributed by atoms with E-state index in [1.54, 1.807) is 7.11 Å². The van der Waals surface area contributed by atoms with Gasteiger partial charge in [-0.25, -0.2) is 0 Å². The van der Waals surface area contributed by atoms with Crippen molar-refractivity contribution in [2.75, 3.05) is 25.2 Å². The molecule has 0 aromatic heterocycles.